The summed E-state index contributed by atoms with van der Waals surface area (Å²) in [6, 6.07) is 2.63. The van der Waals surface area contributed by atoms with Crippen LogP contribution in [0.3, 0.4) is 0 Å². The molecule has 0 saturated heterocycles. The predicted molar refractivity (Wildman–Crippen MR) is 61.1 cm³/mol. The number of aryl methyl sites for hydroxylation is 1. The van der Waals surface area contributed by atoms with Crippen molar-refractivity contribution in [2.75, 3.05) is 0 Å². The van der Waals surface area contributed by atoms with Crippen molar-refractivity contribution in [3.8, 4) is 0 Å². The van der Waals surface area contributed by atoms with Crippen LogP contribution in [0, 0.1) is 12.8 Å². The molecule has 1 heterocycles. The summed E-state index contributed by atoms with van der Waals surface area (Å²) in [6.45, 7) is 2.15. The van der Waals surface area contributed by atoms with Crippen molar-refractivity contribution in [2.24, 2.45) is 11.8 Å². The smallest absolute Gasteiger partial charge is 0.0496 e. The van der Waals surface area contributed by atoms with Crippen molar-refractivity contribution in [1.29, 1.82) is 0 Å². The third kappa shape index (κ3) is 2.00. The normalized spacial score (nSPS) is 20.1. The molecule has 3 N–H and O–H groups in total. The summed E-state index contributed by atoms with van der Waals surface area (Å²) in [5, 5.41) is 2.23. The monoisotopic (exact) mass is 210 g/mol. The zero-order valence-corrected chi connectivity index (χ0v) is 9.44. The van der Waals surface area contributed by atoms with E-state index in [1.807, 2.05) is 11.3 Å². The molecule has 0 bridgehead atoms. The van der Waals surface area contributed by atoms with E-state index >= 15 is 0 Å². The highest BCUT2D eigenvalue weighted by Crippen LogP contribution is 2.36. The fourth-order valence-electron chi connectivity index (χ4n) is 2.42. The highest BCUT2D eigenvalue weighted by atomic mass is 32.1. The number of thiophene rings is 1. The van der Waals surface area contributed by atoms with Crippen LogP contribution in [0.5, 0.6) is 0 Å². The fraction of sp³-hybridized carbons (Fsp3) is 0.636. The molecule has 0 aromatic carbocycles. The first kappa shape index (κ1) is 10.1. The average Bonchev–Trinajstić information content (AvgIpc) is 2.79. The van der Waals surface area contributed by atoms with E-state index < -0.39 is 0 Å². The van der Waals surface area contributed by atoms with Crippen LogP contribution in [-0.2, 0) is 0 Å². The highest BCUT2D eigenvalue weighted by Gasteiger charge is 2.25. The third-order valence-electron chi connectivity index (χ3n) is 3.16. The fourth-order valence-corrected chi connectivity index (χ4v) is 3.16. The van der Waals surface area contributed by atoms with E-state index in [-0.39, 0.29) is 0 Å². The SMILES string of the molecule is Cc1cc(C(NN)C2CCCC2)cs1. The summed E-state index contributed by atoms with van der Waals surface area (Å²) in [5.41, 5.74) is 4.36. The van der Waals surface area contributed by atoms with Crippen LogP contribution in [0.1, 0.15) is 42.2 Å². The standard InChI is InChI=1S/C11H18N2S/c1-8-6-10(7-14-8)11(13-12)9-4-2-3-5-9/h6-7,9,11,13H,2-5,12H2,1H3. The summed E-state index contributed by atoms with van der Waals surface area (Å²) in [4.78, 5) is 1.37. The molecule has 1 fully saturated rings. The molecule has 3 heteroatoms. The quantitative estimate of drug-likeness (QED) is 0.594. The van der Waals surface area contributed by atoms with E-state index in [1.165, 1.54) is 36.1 Å². The van der Waals surface area contributed by atoms with Crippen LogP contribution < -0.4 is 11.3 Å². The van der Waals surface area contributed by atoms with Gasteiger partial charge in [0.25, 0.3) is 0 Å². The van der Waals surface area contributed by atoms with Gasteiger partial charge in [0, 0.05) is 10.9 Å². The Hall–Kier alpha value is -0.380. The van der Waals surface area contributed by atoms with Crippen LogP contribution >= 0.6 is 11.3 Å². The lowest BCUT2D eigenvalue weighted by molar-refractivity contribution is 0.374. The number of nitrogens with one attached hydrogen (secondary N) is 1. The lowest BCUT2D eigenvalue weighted by Gasteiger charge is -2.21. The second-order valence-corrected chi connectivity index (χ2v) is 5.29. The van der Waals surface area contributed by atoms with Gasteiger partial charge in [0.1, 0.15) is 0 Å². The van der Waals surface area contributed by atoms with E-state index in [0.717, 1.165) is 5.92 Å². The van der Waals surface area contributed by atoms with Gasteiger partial charge < -0.3 is 0 Å². The Kier molecular flexibility index (Phi) is 3.21. The number of rotatable bonds is 3. The molecule has 1 aliphatic carbocycles. The van der Waals surface area contributed by atoms with E-state index in [4.69, 9.17) is 5.84 Å². The predicted octanol–water partition coefficient (Wildman–Crippen LogP) is 2.75. The van der Waals surface area contributed by atoms with Crippen LogP contribution in [-0.4, -0.2) is 0 Å². The minimum absolute atomic E-state index is 0.377. The zero-order valence-electron chi connectivity index (χ0n) is 8.62. The molecule has 2 rings (SSSR count). The molecular weight excluding hydrogens is 192 g/mol. The maximum atomic E-state index is 5.65. The second-order valence-electron chi connectivity index (χ2n) is 4.18. The van der Waals surface area contributed by atoms with Gasteiger partial charge in [0.05, 0.1) is 0 Å². The third-order valence-corrected chi connectivity index (χ3v) is 4.04. The Morgan fingerprint density at radius 3 is 2.71 bits per heavy atom. The van der Waals surface area contributed by atoms with Gasteiger partial charge >= 0.3 is 0 Å². The number of nitrogens with two attached hydrogens (primary N) is 1. The second kappa shape index (κ2) is 4.43. The van der Waals surface area contributed by atoms with Crippen molar-refractivity contribution >= 4 is 11.3 Å². The molecule has 2 nitrogen and oxygen atoms in total. The van der Waals surface area contributed by atoms with Gasteiger partial charge in [-0.2, -0.15) is 0 Å². The molecule has 1 aliphatic rings. The lowest BCUT2D eigenvalue weighted by Crippen LogP contribution is -2.32. The van der Waals surface area contributed by atoms with Crippen LogP contribution in [0.4, 0.5) is 0 Å². The van der Waals surface area contributed by atoms with Gasteiger partial charge in [-0.15, -0.1) is 11.3 Å². The Morgan fingerprint density at radius 2 is 2.21 bits per heavy atom. The number of hydrogen-bond donors (Lipinski definition) is 2. The molecule has 1 saturated carbocycles. The highest BCUT2D eigenvalue weighted by molar-refractivity contribution is 7.10. The molecule has 78 valence electrons. The van der Waals surface area contributed by atoms with Crippen LogP contribution in [0.25, 0.3) is 0 Å². The zero-order chi connectivity index (χ0) is 9.97. The summed E-state index contributed by atoms with van der Waals surface area (Å²) in [7, 11) is 0. The largest absolute Gasteiger partial charge is 0.271 e. The summed E-state index contributed by atoms with van der Waals surface area (Å²) in [5.74, 6) is 6.39. The van der Waals surface area contributed by atoms with Crippen LogP contribution in [0.2, 0.25) is 0 Å². The number of hydrazine groups is 1. The van der Waals surface area contributed by atoms with Gasteiger partial charge in [0.15, 0.2) is 0 Å². The molecule has 14 heavy (non-hydrogen) atoms. The minimum atomic E-state index is 0.377. The van der Waals surface area contributed by atoms with Crippen molar-refractivity contribution in [3.05, 3.63) is 21.9 Å². The van der Waals surface area contributed by atoms with Crippen molar-refractivity contribution in [1.82, 2.24) is 5.43 Å². The van der Waals surface area contributed by atoms with E-state index in [1.54, 1.807) is 0 Å². The van der Waals surface area contributed by atoms with Gasteiger partial charge in [-0.3, -0.25) is 11.3 Å². The molecule has 1 unspecified atom stereocenters. The molecule has 0 aliphatic heterocycles. The Balaban J connectivity index is 2.12. The van der Waals surface area contributed by atoms with Gasteiger partial charge in [-0.1, -0.05) is 12.8 Å². The molecular formula is C11H18N2S. The first-order valence-corrected chi connectivity index (χ1v) is 6.20. The maximum Gasteiger partial charge on any atom is 0.0496 e. The van der Waals surface area contributed by atoms with E-state index in [2.05, 4.69) is 23.8 Å². The molecule has 0 radical (unpaired) electrons. The van der Waals surface area contributed by atoms with Gasteiger partial charge in [0.2, 0.25) is 0 Å². The van der Waals surface area contributed by atoms with Crippen molar-refractivity contribution < 1.29 is 0 Å². The van der Waals surface area contributed by atoms with E-state index in [9.17, 15) is 0 Å². The Morgan fingerprint density at radius 1 is 1.50 bits per heavy atom. The summed E-state index contributed by atoms with van der Waals surface area (Å²) < 4.78 is 0. The Bertz CT molecular complexity index is 289. The molecule has 1 aromatic heterocycles. The van der Waals surface area contributed by atoms with Crippen molar-refractivity contribution in [2.45, 2.75) is 38.6 Å². The average molecular weight is 210 g/mol. The van der Waals surface area contributed by atoms with Gasteiger partial charge in [-0.05, 0) is 42.7 Å². The molecule has 0 amide bonds. The topological polar surface area (TPSA) is 38.0 Å². The maximum absolute atomic E-state index is 5.65. The Labute approximate surface area is 89.5 Å². The van der Waals surface area contributed by atoms with Gasteiger partial charge in [-0.25, -0.2) is 0 Å². The summed E-state index contributed by atoms with van der Waals surface area (Å²) >= 11 is 1.81. The first-order chi connectivity index (χ1) is 6.81. The molecule has 0 spiro atoms. The van der Waals surface area contributed by atoms with Crippen LogP contribution in [0.15, 0.2) is 11.4 Å². The molecule has 1 atom stereocenters. The minimum Gasteiger partial charge on any atom is -0.271 e. The lowest BCUT2D eigenvalue weighted by atomic mass is 9.94. The molecule has 1 aromatic rings. The first-order valence-electron chi connectivity index (χ1n) is 5.32. The summed E-state index contributed by atoms with van der Waals surface area (Å²) in [6.07, 6.45) is 5.38. The number of hydrogen-bond acceptors (Lipinski definition) is 3. The van der Waals surface area contributed by atoms with E-state index in [0.29, 0.717) is 6.04 Å². The van der Waals surface area contributed by atoms with Crippen molar-refractivity contribution in [3.63, 3.8) is 0 Å².